The molecule has 1 atom stereocenters. The number of nitrogens with two attached hydrogens (primary N) is 1. The lowest BCUT2D eigenvalue weighted by atomic mass is 10.1. The minimum atomic E-state index is -0.625. The van der Waals surface area contributed by atoms with E-state index in [4.69, 9.17) is 10.5 Å². The minimum absolute atomic E-state index is 0.253. The number of ether oxygens (including phenoxy) is 1. The number of benzene rings is 1. The first-order valence-corrected chi connectivity index (χ1v) is 6.40. The van der Waals surface area contributed by atoms with Gasteiger partial charge in [-0.25, -0.2) is 0 Å². The van der Waals surface area contributed by atoms with Gasteiger partial charge in [-0.1, -0.05) is 6.07 Å². The predicted molar refractivity (Wildman–Crippen MR) is 77.4 cm³/mol. The normalized spacial score (nSPS) is 11.8. The van der Waals surface area contributed by atoms with E-state index in [0.29, 0.717) is 30.0 Å². The van der Waals surface area contributed by atoms with E-state index in [0.717, 1.165) is 0 Å². The molecule has 20 heavy (non-hydrogen) atoms. The molecule has 1 unspecified atom stereocenters. The van der Waals surface area contributed by atoms with Crippen molar-refractivity contribution in [3.8, 4) is 0 Å². The summed E-state index contributed by atoms with van der Waals surface area (Å²) in [6, 6.07) is 4.49. The Morgan fingerprint density at radius 1 is 1.40 bits per heavy atom. The predicted octanol–water partition coefficient (Wildman–Crippen LogP) is 0.458. The molecule has 2 amide bonds. The van der Waals surface area contributed by atoms with Gasteiger partial charge in [0.2, 0.25) is 5.91 Å². The maximum absolute atomic E-state index is 12.1. The van der Waals surface area contributed by atoms with Crippen molar-refractivity contribution in [1.82, 2.24) is 10.6 Å². The van der Waals surface area contributed by atoms with E-state index in [9.17, 15) is 9.59 Å². The molecule has 0 saturated heterocycles. The molecule has 0 bridgehead atoms. The van der Waals surface area contributed by atoms with E-state index in [-0.39, 0.29) is 11.8 Å². The van der Waals surface area contributed by atoms with E-state index < -0.39 is 6.04 Å². The van der Waals surface area contributed by atoms with Crippen molar-refractivity contribution >= 4 is 17.5 Å². The average molecular weight is 279 g/mol. The maximum atomic E-state index is 12.1. The highest BCUT2D eigenvalue weighted by Gasteiger charge is 2.17. The molecule has 1 rings (SSSR count). The summed E-state index contributed by atoms with van der Waals surface area (Å²) >= 11 is 0. The lowest BCUT2D eigenvalue weighted by Gasteiger charge is -2.15. The van der Waals surface area contributed by atoms with Gasteiger partial charge in [0.05, 0.1) is 6.61 Å². The molecule has 0 aliphatic heterocycles. The number of nitrogen functional groups attached to an aromatic ring is 1. The van der Waals surface area contributed by atoms with Crippen molar-refractivity contribution in [1.29, 1.82) is 0 Å². The van der Waals surface area contributed by atoms with Crippen molar-refractivity contribution in [3.63, 3.8) is 0 Å². The van der Waals surface area contributed by atoms with Gasteiger partial charge in [0, 0.05) is 24.9 Å². The third-order valence-electron chi connectivity index (χ3n) is 2.97. The highest BCUT2D eigenvalue weighted by molar-refractivity contribution is 5.99. The van der Waals surface area contributed by atoms with Crippen LogP contribution in [-0.2, 0) is 9.53 Å². The summed E-state index contributed by atoms with van der Waals surface area (Å²) in [5, 5.41) is 5.31. The molecule has 0 aliphatic carbocycles. The largest absolute Gasteiger partial charge is 0.398 e. The Balaban J connectivity index is 2.61. The number of methoxy groups -OCH3 is 1. The van der Waals surface area contributed by atoms with Crippen LogP contribution < -0.4 is 16.4 Å². The Labute approximate surface area is 118 Å². The second-order valence-corrected chi connectivity index (χ2v) is 4.50. The molecule has 4 N–H and O–H groups in total. The molecule has 0 spiro atoms. The standard InChI is InChI=1S/C14H21N3O3/c1-9-11(5-4-6-12(9)15)14(19)17-10(2)13(18)16-7-8-20-3/h4-6,10H,7-8,15H2,1-3H3,(H,16,18)(H,17,19). The quantitative estimate of drug-likeness (QED) is 0.521. The van der Waals surface area contributed by atoms with Crippen LogP contribution in [0.1, 0.15) is 22.8 Å². The lowest BCUT2D eigenvalue weighted by Crippen LogP contribution is -2.45. The number of amides is 2. The number of hydrogen-bond donors (Lipinski definition) is 3. The fourth-order valence-corrected chi connectivity index (χ4v) is 1.67. The van der Waals surface area contributed by atoms with Crippen LogP contribution in [0.5, 0.6) is 0 Å². The molecule has 0 heterocycles. The van der Waals surface area contributed by atoms with Gasteiger partial charge in [-0.2, -0.15) is 0 Å². The smallest absolute Gasteiger partial charge is 0.252 e. The average Bonchev–Trinajstić information content (AvgIpc) is 2.41. The Kier molecular flexibility index (Phi) is 5.99. The molecule has 6 heteroatoms. The van der Waals surface area contributed by atoms with Gasteiger partial charge >= 0.3 is 0 Å². The number of rotatable bonds is 6. The molecule has 1 aromatic rings. The maximum Gasteiger partial charge on any atom is 0.252 e. The molecular formula is C14H21N3O3. The van der Waals surface area contributed by atoms with Gasteiger partial charge in [0.15, 0.2) is 0 Å². The zero-order valence-corrected chi connectivity index (χ0v) is 12.0. The van der Waals surface area contributed by atoms with Crippen LogP contribution >= 0.6 is 0 Å². The number of hydrogen-bond acceptors (Lipinski definition) is 4. The van der Waals surface area contributed by atoms with Crippen LogP contribution in [0.2, 0.25) is 0 Å². The molecule has 0 aliphatic rings. The van der Waals surface area contributed by atoms with Crippen LogP contribution in [0.3, 0.4) is 0 Å². The molecule has 6 nitrogen and oxygen atoms in total. The first-order chi connectivity index (χ1) is 9.47. The van der Waals surface area contributed by atoms with E-state index in [1.807, 2.05) is 0 Å². The van der Waals surface area contributed by atoms with E-state index in [1.165, 1.54) is 0 Å². The van der Waals surface area contributed by atoms with Gasteiger partial charge in [-0.3, -0.25) is 9.59 Å². The zero-order valence-electron chi connectivity index (χ0n) is 12.0. The monoisotopic (exact) mass is 279 g/mol. The van der Waals surface area contributed by atoms with Crippen molar-refractivity contribution in [2.24, 2.45) is 0 Å². The first kappa shape index (κ1) is 16.0. The van der Waals surface area contributed by atoms with Crippen molar-refractivity contribution < 1.29 is 14.3 Å². The van der Waals surface area contributed by atoms with Gasteiger partial charge < -0.3 is 21.1 Å². The molecule has 0 saturated carbocycles. The highest BCUT2D eigenvalue weighted by Crippen LogP contribution is 2.15. The highest BCUT2D eigenvalue weighted by atomic mass is 16.5. The van der Waals surface area contributed by atoms with E-state index in [1.54, 1.807) is 39.2 Å². The zero-order chi connectivity index (χ0) is 15.1. The second-order valence-electron chi connectivity index (χ2n) is 4.50. The van der Waals surface area contributed by atoms with Crippen molar-refractivity contribution in [2.75, 3.05) is 26.0 Å². The van der Waals surface area contributed by atoms with E-state index >= 15 is 0 Å². The van der Waals surface area contributed by atoms with Crippen LogP contribution in [0.25, 0.3) is 0 Å². The minimum Gasteiger partial charge on any atom is -0.398 e. The summed E-state index contributed by atoms with van der Waals surface area (Å²) in [5.74, 6) is -0.568. The van der Waals surface area contributed by atoms with Gasteiger partial charge in [-0.15, -0.1) is 0 Å². The molecule has 110 valence electrons. The van der Waals surface area contributed by atoms with Gasteiger partial charge in [0.1, 0.15) is 6.04 Å². The molecule has 1 aromatic carbocycles. The number of carbonyl (C=O) groups excluding carboxylic acids is 2. The fourth-order valence-electron chi connectivity index (χ4n) is 1.67. The fraction of sp³-hybridized carbons (Fsp3) is 0.429. The SMILES string of the molecule is COCCNC(=O)C(C)NC(=O)c1cccc(N)c1C. The van der Waals surface area contributed by atoms with Crippen LogP contribution in [0.15, 0.2) is 18.2 Å². The summed E-state index contributed by atoms with van der Waals surface area (Å²) < 4.78 is 4.84. The Hall–Kier alpha value is -2.08. The van der Waals surface area contributed by atoms with Crippen LogP contribution in [0, 0.1) is 6.92 Å². The summed E-state index contributed by atoms with van der Waals surface area (Å²) in [7, 11) is 1.56. The summed E-state index contributed by atoms with van der Waals surface area (Å²) in [6.45, 7) is 4.24. The lowest BCUT2D eigenvalue weighted by molar-refractivity contribution is -0.122. The van der Waals surface area contributed by atoms with Crippen LogP contribution in [0.4, 0.5) is 5.69 Å². The van der Waals surface area contributed by atoms with E-state index in [2.05, 4.69) is 10.6 Å². The summed E-state index contributed by atoms with van der Waals surface area (Å²) in [6.07, 6.45) is 0. The third-order valence-corrected chi connectivity index (χ3v) is 2.97. The van der Waals surface area contributed by atoms with Crippen molar-refractivity contribution in [2.45, 2.75) is 19.9 Å². The summed E-state index contributed by atoms with van der Waals surface area (Å²) in [4.78, 5) is 23.8. The van der Waals surface area contributed by atoms with Crippen LogP contribution in [-0.4, -0.2) is 38.1 Å². The van der Waals surface area contributed by atoms with Gasteiger partial charge in [0.25, 0.3) is 5.91 Å². The number of carbonyl (C=O) groups is 2. The Bertz CT molecular complexity index is 489. The Morgan fingerprint density at radius 3 is 2.75 bits per heavy atom. The molecular weight excluding hydrogens is 258 g/mol. The second kappa shape index (κ2) is 7.49. The topological polar surface area (TPSA) is 93.5 Å². The van der Waals surface area contributed by atoms with Gasteiger partial charge in [-0.05, 0) is 31.5 Å². The molecule has 0 aromatic heterocycles. The number of anilines is 1. The third kappa shape index (κ3) is 4.24. The Morgan fingerprint density at radius 2 is 2.10 bits per heavy atom. The molecule has 0 radical (unpaired) electrons. The first-order valence-electron chi connectivity index (χ1n) is 6.40. The number of nitrogens with one attached hydrogen (secondary N) is 2. The van der Waals surface area contributed by atoms with Crippen molar-refractivity contribution in [3.05, 3.63) is 29.3 Å². The summed E-state index contributed by atoms with van der Waals surface area (Å²) in [5.41, 5.74) is 7.49. The molecule has 0 fully saturated rings.